The number of imidazole rings is 1. The van der Waals surface area contributed by atoms with E-state index in [0.29, 0.717) is 11.7 Å². The van der Waals surface area contributed by atoms with E-state index in [1.54, 1.807) is 0 Å². The van der Waals surface area contributed by atoms with Gasteiger partial charge < -0.3 is 14.8 Å². The minimum absolute atomic E-state index is 0.0318. The minimum Gasteiger partial charge on any atom is -0.339 e. The van der Waals surface area contributed by atoms with Crippen molar-refractivity contribution in [2.75, 3.05) is 0 Å². The van der Waals surface area contributed by atoms with Crippen LogP contribution in [0.1, 0.15) is 31.2 Å². The van der Waals surface area contributed by atoms with Gasteiger partial charge in [0.2, 0.25) is 11.7 Å². The molecule has 0 aliphatic heterocycles. The van der Waals surface area contributed by atoms with Crippen LogP contribution in [0.15, 0.2) is 59.4 Å². The van der Waals surface area contributed by atoms with Crippen LogP contribution in [0.4, 0.5) is 0 Å². The van der Waals surface area contributed by atoms with Gasteiger partial charge in [-0.2, -0.15) is 4.98 Å². The molecule has 2 aromatic heterocycles. The van der Waals surface area contributed by atoms with Gasteiger partial charge >= 0.3 is 0 Å². The van der Waals surface area contributed by atoms with Crippen LogP contribution in [-0.4, -0.2) is 25.7 Å². The van der Waals surface area contributed by atoms with Gasteiger partial charge in [0.05, 0.1) is 23.3 Å². The van der Waals surface area contributed by atoms with Crippen molar-refractivity contribution in [3.05, 3.63) is 66.3 Å². The first kappa shape index (κ1) is 16.5. The van der Waals surface area contributed by atoms with Crippen molar-refractivity contribution in [3.8, 4) is 11.4 Å². The zero-order valence-electron chi connectivity index (χ0n) is 14.8. The smallest absolute Gasteiger partial charge is 0.231 e. The molecule has 0 saturated heterocycles. The molecule has 26 heavy (non-hydrogen) atoms. The number of hydrogen-bond donors (Lipinski definition) is 1. The Hall–Kier alpha value is -2.99. The largest absolute Gasteiger partial charge is 0.339 e. The van der Waals surface area contributed by atoms with Crippen molar-refractivity contribution in [1.29, 1.82) is 0 Å². The molecule has 0 aliphatic carbocycles. The highest BCUT2D eigenvalue weighted by Gasteiger charge is 2.18. The molecule has 6 heteroatoms. The van der Waals surface area contributed by atoms with Gasteiger partial charge in [-0.05, 0) is 24.6 Å². The van der Waals surface area contributed by atoms with Gasteiger partial charge in [-0.25, -0.2) is 4.98 Å². The van der Waals surface area contributed by atoms with E-state index in [1.807, 2.05) is 50.5 Å². The molecule has 2 atom stereocenters. The van der Waals surface area contributed by atoms with Gasteiger partial charge in [0.15, 0.2) is 0 Å². The Morgan fingerprint density at radius 1 is 1.08 bits per heavy atom. The normalized spacial score (nSPS) is 13.8. The summed E-state index contributed by atoms with van der Waals surface area (Å²) in [6, 6.07) is 16.3. The molecule has 0 spiro atoms. The lowest BCUT2D eigenvalue weighted by Crippen LogP contribution is -2.22. The number of fused-ring (bicyclic) bond motifs is 1. The van der Waals surface area contributed by atoms with Gasteiger partial charge in [0, 0.05) is 18.2 Å². The maximum absolute atomic E-state index is 5.90. The fourth-order valence-corrected chi connectivity index (χ4v) is 2.85. The van der Waals surface area contributed by atoms with Crippen molar-refractivity contribution < 1.29 is 4.52 Å². The highest BCUT2D eigenvalue weighted by Crippen LogP contribution is 2.22. The summed E-state index contributed by atoms with van der Waals surface area (Å²) in [5.74, 6) is 1.20. The number of hydrogen-bond acceptors (Lipinski definition) is 5. The van der Waals surface area contributed by atoms with Crippen LogP contribution >= 0.6 is 0 Å². The van der Waals surface area contributed by atoms with Crippen molar-refractivity contribution in [3.63, 3.8) is 0 Å². The maximum atomic E-state index is 5.90. The Morgan fingerprint density at radius 2 is 1.85 bits per heavy atom. The van der Waals surface area contributed by atoms with Gasteiger partial charge in [-0.15, -0.1) is 0 Å². The summed E-state index contributed by atoms with van der Waals surface area (Å²) in [6.45, 7) is 4.68. The summed E-state index contributed by atoms with van der Waals surface area (Å²) in [7, 11) is 0. The van der Waals surface area contributed by atoms with Crippen LogP contribution < -0.4 is 5.73 Å². The average Bonchev–Trinajstić information content (AvgIpc) is 3.30. The van der Waals surface area contributed by atoms with Crippen molar-refractivity contribution in [1.82, 2.24) is 19.7 Å². The molecule has 0 bridgehead atoms. The van der Waals surface area contributed by atoms with Gasteiger partial charge in [0.25, 0.3) is 0 Å². The molecular formula is C20H21N5O. The Balaban J connectivity index is 1.54. The Kier molecular flexibility index (Phi) is 4.26. The van der Waals surface area contributed by atoms with E-state index in [4.69, 9.17) is 10.3 Å². The summed E-state index contributed by atoms with van der Waals surface area (Å²) in [5.41, 5.74) is 10.2. The highest BCUT2D eigenvalue weighted by atomic mass is 16.5. The predicted octanol–water partition coefficient (Wildman–Crippen LogP) is 3.59. The third-order valence-electron chi connectivity index (χ3n) is 4.71. The lowest BCUT2D eigenvalue weighted by Gasteiger charge is -2.09. The van der Waals surface area contributed by atoms with E-state index in [-0.39, 0.29) is 12.0 Å². The lowest BCUT2D eigenvalue weighted by atomic mass is 10.1. The number of nitrogens with two attached hydrogens (primary N) is 1. The first-order chi connectivity index (χ1) is 12.6. The molecule has 0 saturated carbocycles. The molecule has 4 aromatic rings. The Morgan fingerprint density at radius 3 is 2.62 bits per heavy atom. The lowest BCUT2D eigenvalue weighted by molar-refractivity contribution is 0.347. The number of nitrogens with zero attached hydrogens (tertiary/aromatic N) is 4. The fourth-order valence-electron chi connectivity index (χ4n) is 2.85. The van der Waals surface area contributed by atoms with E-state index >= 15 is 0 Å². The Labute approximate surface area is 151 Å². The van der Waals surface area contributed by atoms with Crippen LogP contribution in [0, 0.1) is 0 Å². The number of para-hydroxylation sites is 2. The first-order valence-corrected chi connectivity index (χ1v) is 8.70. The summed E-state index contributed by atoms with van der Waals surface area (Å²) in [5, 5.41) is 4.08. The van der Waals surface area contributed by atoms with Crippen molar-refractivity contribution in [2.24, 2.45) is 5.73 Å². The van der Waals surface area contributed by atoms with E-state index in [2.05, 4.69) is 37.9 Å². The highest BCUT2D eigenvalue weighted by molar-refractivity contribution is 5.75. The molecule has 2 unspecified atom stereocenters. The molecule has 2 N–H and O–H groups in total. The molecule has 132 valence electrons. The first-order valence-electron chi connectivity index (χ1n) is 8.70. The second kappa shape index (κ2) is 6.72. The third-order valence-corrected chi connectivity index (χ3v) is 4.71. The van der Waals surface area contributed by atoms with Crippen LogP contribution in [-0.2, 0) is 6.54 Å². The van der Waals surface area contributed by atoms with E-state index < -0.39 is 0 Å². The predicted molar refractivity (Wildman–Crippen MR) is 101 cm³/mol. The van der Waals surface area contributed by atoms with E-state index in [0.717, 1.165) is 23.1 Å². The van der Waals surface area contributed by atoms with Crippen LogP contribution in [0.2, 0.25) is 0 Å². The molecule has 6 nitrogen and oxygen atoms in total. The van der Waals surface area contributed by atoms with Crippen LogP contribution in [0.3, 0.4) is 0 Å². The second-order valence-electron chi connectivity index (χ2n) is 6.66. The molecule has 4 rings (SSSR count). The van der Waals surface area contributed by atoms with Gasteiger partial charge in [0.1, 0.15) is 0 Å². The molecule has 0 radical (unpaired) electrons. The van der Waals surface area contributed by atoms with E-state index in [1.165, 1.54) is 5.56 Å². The monoisotopic (exact) mass is 347 g/mol. The summed E-state index contributed by atoms with van der Waals surface area (Å²) >= 11 is 0. The standard InChI is InChI=1S/C20H21N5O/c1-13(14(2)21)20-23-19(24-26-20)16-9-7-15(8-10-16)11-25-12-22-17-5-3-4-6-18(17)25/h3-10,12-14H,11,21H2,1-2H3. The molecule has 0 aliphatic rings. The molecular weight excluding hydrogens is 326 g/mol. The summed E-state index contributed by atoms with van der Waals surface area (Å²) in [6.07, 6.45) is 1.87. The maximum Gasteiger partial charge on any atom is 0.231 e. The van der Waals surface area contributed by atoms with Crippen molar-refractivity contribution >= 4 is 11.0 Å². The van der Waals surface area contributed by atoms with Crippen LogP contribution in [0.25, 0.3) is 22.4 Å². The van der Waals surface area contributed by atoms with E-state index in [9.17, 15) is 0 Å². The number of aromatic nitrogens is 4. The van der Waals surface area contributed by atoms with Gasteiger partial charge in [-0.1, -0.05) is 48.5 Å². The van der Waals surface area contributed by atoms with Gasteiger partial charge in [-0.3, -0.25) is 0 Å². The minimum atomic E-state index is -0.0318. The molecule has 0 amide bonds. The van der Waals surface area contributed by atoms with Crippen LogP contribution in [0.5, 0.6) is 0 Å². The molecule has 2 heterocycles. The fraction of sp³-hybridized carbons (Fsp3) is 0.250. The molecule has 2 aromatic carbocycles. The van der Waals surface area contributed by atoms with Crippen molar-refractivity contribution in [2.45, 2.75) is 32.4 Å². The quantitative estimate of drug-likeness (QED) is 0.596. The average molecular weight is 347 g/mol. The number of benzene rings is 2. The summed E-state index contributed by atoms with van der Waals surface area (Å²) < 4.78 is 7.49. The topological polar surface area (TPSA) is 82.8 Å². The Bertz CT molecular complexity index is 1020. The third kappa shape index (κ3) is 3.11. The zero-order valence-corrected chi connectivity index (χ0v) is 14.8. The number of rotatable bonds is 5. The second-order valence-corrected chi connectivity index (χ2v) is 6.66. The SMILES string of the molecule is CC(N)C(C)c1nc(-c2ccc(Cn3cnc4ccccc43)cc2)no1. The zero-order chi connectivity index (χ0) is 18.1. The summed E-state index contributed by atoms with van der Waals surface area (Å²) in [4.78, 5) is 8.91. The molecule has 0 fully saturated rings.